The second-order valence-electron chi connectivity index (χ2n) is 5.65. The number of amides is 1. The molecule has 0 fully saturated rings. The van der Waals surface area contributed by atoms with Gasteiger partial charge in [-0.3, -0.25) is 4.79 Å². The largest absolute Gasteiger partial charge is 0.467 e. The minimum atomic E-state index is -0.688. The van der Waals surface area contributed by atoms with Crippen LogP contribution >= 0.6 is 11.8 Å². The van der Waals surface area contributed by atoms with Crippen LogP contribution in [-0.2, 0) is 14.3 Å². The molecule has 0 aliphatic carbocycles. The second kappa shape index (κ2) is 7.75. The van der Waals surface area contributed by atoms with E-state index < -0.39 is 17.3 Å². The zero-order valence-corrected chi connectivity index (χ0v) is 13.3. The molecule has 5 nitrogen and oxygen atoms in total. The zero-order valence-electron chi connectivity index (χ0n) is 12.5. The highest BCUT2D eigenvalue weighted by atomic mass is 32.2. The van der Waals surface area contributed by atoms with E-state index in [0.29, 0.717) is 0 Å². The Morgan fingerprint density at radius 3 is 2.16 bits per heavy atom. The molecule has 0 heterocycles. The number of aliphatic hydroxyl groups excluding tert-OH is 1. The molecule has 0 bridgehead atoms. The lowest BCUT2D eigenvalue weighted by Crippen LogP contribution is -2.49. The summed E-state index contributed by atoms with van der Waals surface area (Å²) in [7, 11) is 1.29. The van der Waals surface area contributed by atoms with Crippen molar-refractivity contribution in [1.29, 1.82) is 0 Å². The van der Waals surface area contributed by atoms with Gasteiger partial charge in [-0.2, -0.15) is 0 Å². The summed E-state index contributed by atoms with van der Waals surface area (Å²) < 4.78 is 4.52. The van der Waals surface area contributed by atoms with Crippen LogP contribution in [-0.4, -0.2) is 46.7 Å². The van der Waals surface area contributed by atoms with Gasteiger partial charge in [-0.25, -0.2) is 4.79 Å². The molecule has 0 aromatic carbocycles. The minimum Gasteiger partial charge on any atom is -0.467 e. The second-order valence-corrected chi connectivity index (χ2v) is 7.68. The Morgan fingerprint density at radius 1 is 1.32 bits per heavy atom. The molecule has 6 heteroatoms. The average molecular weight is 291 g/mol. The maximum Gasteiger partial charge on any atom is 0.328 e. The lowest BCUT2D eigenvalue weighted by atomic mass is 10.0. The number of ether oxygens (including phenoxy) is 1. The van der Waals surface area contributed by atoms with Crippen LogP contribution in [0.2, 0.25) is 0 Å². The number of rotatable bonds is 6. The lowest BCUT2D eigenvalue weighted by Gasteiger charge is -2.26. The topological polar surface area (TPSA) is 75.6 Å². The van der Waals surface area contributed by atoms with Crippen molar-refractivity contribution in [2.45, 2.75) is 50.7 Å². The van der Waals surface area contributed by atoms with Crippen molar-refractivity contribution in [3.05, 3.63) is 0 Å². The molecule has 19 heavy (non-hydrogen) atoms. The van der Waals surface area contributed by atoms with E-state index in [9.17, 15) is 14.7 Å². The standard InChI is InChI=1S/C13H25NO4S/c1-8(2)10(12(17)18-6)14-11(16)9(7-15)19-13(3,4)5/h8-10,15H,7H2,1-6H3,(H,14,16)/t9-,10+/m1/s1. The van der Waals surface area contributed by atoms with Crippen LogP contribution in [0.1, 0.15) is 34.6 Å². The SMILES string of the molecule is COC(=O)[C@@H](NC(=O)[C@@H](CO)SC(C)(C)C)C(C)C. The van der Waals surface area contributed by atoms with E-state index in [1.54, 1.807) is 0 Å². The Morgan fingerprint density at radius 2 is 1.84 bits per heavy atom. The molecule has 1 amide bonds. The molecule has 0 rings (SSSR count). The Kier molecular flexibility index (Phi) is 7.44. The van der Waals surface area contributed by atoms with Gasteiger partial charge in [-0.05, 0) is 5.92 Å². The highest BCUT2D eigenvalue weighted by molar-refractivity contribution is 8.01. The molecule has 0 saturated carbocycles. The summed E-state index contributed by atoms with van der Waals surface area (Å²) in [5.74, 6) is -0.886. The third-order valence-corrected chi connectivity index (χ3v) is 3.73. The molecule has 0 unspecified atom stereocenters. The first kappa shape index (κ1) is 18.2. The molecule has 112 valence electrons. The third-order valence-electron chi connectivity index (χ3n) is 2.37. The van der Waals surface area contributed by atoms with E-state index in [1.165, 1.54) is 18.9 Å². The van der Waals surface area contributed by atoms with Crippen molar-refractivity contribution in [3.63, 3.8) is 0 Å². The average Bonchev–Trinajstić information content (AvgIpc) is 2.30. The number of nitrogens with one attached hydrogen (secondary N) is 1. The summed E-state index contributed by atoms with van der Waals surface area (Å²) in [5.41, 5.74) is 0. The molecule has 0 aliphatic heterocycles. The summed E-state index contributed by atoms with van der Waals surface area (Å²) in [5, 5.41) is 11.4. The number of aliphatic hydroxyl groups is 1. The van der Waals surface area contributed by atoms with Crippen LogP contribution in [0, 0.1) is 5.92 Å². The van der Waals surface area contributed by atoms with Crippen LogP contribution in [0.3, 0.4) is 0 Å². The predicted octanol–water partition coefficient (Wildman–Crippen LogP) is 1.19. The van der Waals surface area contributed by atoms with Crippen LogP contribution in [0.15, 0.2) is 0 Å². The van der Waals surface area contributed by atoms with Crippen molar-refractivity contribution in [1.82, 2.24) is 5.32 Å². The minimum absolute atomic E-state index is 0.0737. The fourth-order valence-electron chi connectivity index (χ4n) is 1.47. The fraction of sp³-hybridized carbons (Fsp3) is 0.846. The van der Waals surface area contributed by atoms with E-state index in [1.807, 2.05) is 34.6 Å². The van der Waals surface area contributed by atoms with Crippen molar-refractivity contribution in [2.24, 2.45) is 5.92 Å². The molecule has 0 aromatic rings. The number of hydrogen-bond acceptors (Lipinski definition) is 5. The van der Waals surface area contributed by atoms with Gasteiger partial charge in [0.25, 0.3) is 0 Å². The number of carbonyl (C=O) groups is 2. The van der Waals surface area contributed by atoms with Crippen LogP contribution < -0.4 is 5.32 Å². The van der Waals surface area contributed by atoms with Crippen LogP contribution in [0.5, 0.6) is 0 Å². The van der Waals surface area contributed by atoms with Crippen molar-refractivity contribution < 1.29 is 19.4 Å². The maximum absolute atomic E-state index is 12.1. The van der Waals surface area contributed by atoms with Gasteiger partial charge in [0.15, 0.2) is 0 Å². The number of thioether (sulfide) groups is 1. The molecule has 0 radical (unpaired) electrons. The van der Waals surface area contributed by atoms with Crippen molar-refractivity contribution in [2.75, 3.05) is 13.7 Å². The molecule has 0 aliphatic rings. The molecule has 2 atom stereocenters. The first-order chi connectivity index (χ1) is 8.62. The van der Waals surface area contributed by atoms with Crippen LogP contribution in [0.25, 0.3) is 0 Å². The smallest absolute Gasteiger partial charge is 0.328 e. The van der Waals surface area contributed by atoms with Gasteiger partial charge < -0.3 is 15.2 Å². The van der Waals surface area contributed by atoms with E-state index in [0.717, 1.165) is 0 Å². The van der Waals surface area contributed by atoms with E-state index >= 15 is 0 Å². The monoisotopic (exact) mass is 291 g/mol. The van der Waals surface area contributed by atoms with E-state index in [2.05, 4.69) is 10.1 Å². The number of esters is 1. The summed E-state index contributed by atoms with van der Waals surface area (Å²) in [6, 6.07) is -0.688. The van der Waals surface area contributed by atoms with E-state index in [-0.39, 0.29) is 23.2 Å². The van der Waals surface area contributed by atoms with Crippen molar-refractivity contribution >= 4 is 23.6 Å². The number of carbonyl (C=O) groups excluding carboxylic acids is 2. The maximum atomic E-state index is 12.1. The highest BCUT2D eigenvalue weighted by Crippen LogP contribution is 2.28. The predicted molar refractivity (Wildman–Crippen MR) is 77.0 cm³/mol. The normalized spacial score (nSPS) is 14.9. The molecule has 2 N–H and O–H groups in total. The molecular formula is C13H25NO4S. The Bertz CT molecular complexity index is 312. The third kappa shape index (κ3) is 6.82. The first-order valence-corrected chi connectivity index (χ1v) is 7.17. The zero-order chi connectivity index (χ0) is 15.2. The van der Waals surface area contributed by atoms with Gasteiger partial charge in [-0.15, -0.1) is 11.8 Å². The van der Waals surface area contributed by atoms with Gasteiger partial charge in [0, 0.05) is 4.75 Å². The van der Waals surface area contributed by atoms with E-state index in [4.69, 9.17) is 0 Å². The van der Waals surface area contributed by atoms with Gasteiger partial charge in [0.1, 0.15) is 11.3 Å². The quantitative estimate of drug-likeness (QED) is 0.719. The first-order valence-electron chi connectivity index (χ1n) is 6.29. The Balaban J connectivity index is 4.74. The highest BCUT2D eigenvalue weighted by Gasteiger charge is 2.30. The molecular weight excluding hydrogens is 266 g/mol. The summed E-state index contributed by atoms with van der Waals surface area (Å²) >= 11 is 1.37. The summed E-state index contributed by atoms with van der Waals surface area (Å²) in [4.78, 5) is 23.7. The van der Waals surface area contributed by atoms with Gasteiger partial charge in [-0.1, -0.05) is 34.6 Å². The number of hydrogen-bond donors (Lipinski definition) is 2. The van der Waals surface area contributed by atoms with Gasteiger partial charge >= 0.3 is 5.97 Å². The summed E-state index contributed by atoms with van der Waals surface area (Å²) in [6.07, 6.45) is 0. The van der Waals surface area contributed by atoms with Gasteiger partial charge in [0.2, 0.25) is 5.91 Å². The molecule has 0 spiro atoms. The van der Waals surface area contributed by atoms with Crippen molar-refractivity contribution in [3.8, 4) is 0 Å². The van der Waals surface area contributed by atoms with Crippen LogP contribution in [0.4, 0.5) is 0 Å². The molecule has 0 aromatic heterocycles. The molecule has 0 saturated heterocycles. The Hall–Kier alpha value is -0.750. The number of methoxy groups -OCH3 is 1. The fourth-order valence-corrected chi connectivity index (χ4v) is 2.57. The van der Waals surface area contributed by atoms with Gasteiger partial charge in [0.05, 0.1) is 13.7 Å². The Labute approximate surface area is 119 Å². The lowest BCUT2D eigenvalue weighted by molar-refractivity contribution is -0.146. The summed E-state index contributed by atoms with van der Waals surface area (Å²) in [6.45, 7) is 9.29.